The normalized spacial score (nSPS) is 33.4. The van der Waals surface area contributed by atoms with Crippen molar-refractivity contribution in [1.29, 1.82) is 0 Å². The van der Waals surface area contributed by atoms with Crippen LogP contribution in [0.25, 0.3) is 0 Å². The first-order valence-electron chi connectivity index (χ1n) is 11.5. The number of benzene rings is 1. The largest absolute Gasteiger partial charge is 0.466 e. The Morgan fingerprint density at radius 2 is 2.00 bits per heavy atom. The second kappa shape index (κ2) is 9.12. The van der Waals surface area contributed by atoms with E-state index in [1.165, 1.54) is 0 Å². The van der Waals surface area contributed by atoms with E-state index >= 15 is 0 Å². The number of aliphatic hydroxyl groups excluding tert-OH is 1. The fourth-order valence-electron chi connectivity index (χ4n) is 5.99. The summed E-state index contributed by atoms with van der Waals surface area (Å²) in [6.45, 7) is 7.64. The Hall–Kier alpha value is -1.77. The summed E-state index contributed by atoms with van der Waals surface area (Å²) in [7, 11) is 0. The minimum absolute atomic E-state index is 0.0459. The lowest BCUT2D eigenvalue weighted by Gasteiger charge is -2.40. The molecule has 1 aromatic carbocycles. The van der Waals surface area contributed by atoms with Gasteiger partial charge in [-0.3, -0.25) is 14.4 Å². The van der Waals surface area contributed by atoms with Gasteiger partial charge in [-0.25, -0.2) is 0 Å². The topological polar surface area (TPSA) is 95.9 Å². The lowest BCUT2D eigenvalue weighted by Crippen LogP contribution is -2.57. The molecule has 9 heteroatoms. The number of ether oxygens (including phenoxy) is 1. The van der Waals surface area contributed by atoms with Crippen LogP contribution in [0.2, 0.25) is 5.02 Å². The van der Waals surface area contributed by atoms with Crippen molar-refractivity contribution in [3.8, 4) is 0 Å². The first-order valence-corrected chi connectivity index (χ1v) is 12.8. The zero-order chi connectivity index (χ0) is 24.1. The zero-order valence-electron chi connectivity index (χ0n) is 19.3. The molecule has 7 nitrogen and oxygen atoms in total. The van der Waals surface area contributed by atoms with E-state index in [4.69, 9.17) is 16.3 Å². The number of anilines is 1. The van der Waals surface area contributed by atoms with Crippen molar-refractivity contribution in [3.05, 3.63) is 29.3 Å². The molecule has 7 atom stereocenters. The fourth-order valence-corrected chi connectivity index (χ4v) is 8.51. The molecule has 3 aliphatic heterocycles. The van der Waals surface area contributed by atoms with Crippen LogP contribution in [0.15, 0.2) is 24.3 Å². The van der Waals surface area contributed by atoms with Gasteiger partial charge in [-0.2, -0.15) is 0 Å². The molecule has 2 amide bonds. The van der Waals surface area contributed by atoms with E-state index < -0.39 is 28.7 Å². The second-order valence-electron chi connectivity index (χ2n) is 9.54. The monoisotopic (exact) mass is 494 g/mol. The van der Waals surface area contributed by atoms with Crippen LogP contribution in [0.4, 0.5) is 5.69 Å². The van der Waals surface area contributed by atoms with Gasteiger partial charge < -0.3 is 20.1 Å². The summed E-state index contributed by atoms with van der Waals surface area (Å²) in [6, 6.07) is 5.47. The van der Waals surface area contributed by atoms with E-state index in [1.807, 2.05) is 13.8 Å². The van der Waals surface area contributed by atoms with Crippen LogP contribution in [-0.2, 0) is 19.1 Å². The van der Waals surface area contributed by atoms with E-state index in [9.17, 15) is 19.5 Å². The summed E-state index contributed by atoms with van der Waals surface area (Å²) in [5.74, 6) is -2.17. The maximum Gasteiger partial charge on any atom is 0.310 e. The Kier molecular flexibility index (Phi) is 6.73. The summed E-state index contributed by atoms with van der Waals surface area (Å²) in [6.07, 6.45) is 0.738. The molecule has 3 saturated heterocycles. The number of hydrogen-bond donors (Lipinski definition) is 2. The highest BCUT2D eigenvalue weighted by atomic mass is 35.5. The van der Waals surface area contributed by atoms with Gasteiger partial charge in [-0.1, -0.05) is 32.4 Å². The van der Waals surface area contributed by atoms with Crippen LogP contribution in [0.1, 0.15) is 34.1 Å². The minimum atomic E-state index is -0.811. The van der Waals surface area contributed by atoms with Gasteiger partial charge in [0.2, 0.25) is 11.8 Å². The number of fused-ring (bicyclic) bond motifs is 1. The number of thioether (sulfide) groups is 1. The number of aliphatic hydroxyl groups is 1. The smallest absolute Gasteiger partial charge is 0.310 e. The Balaban J connectivity index is 1.78. The number of likely N-dealkylation sites (tertiary alicyclic amines) is 1. The predicted octanol–water partition coefficient (Wildman–Crippen LogP) is 3.20. The number of carbonyl (C=O) groups excluding carboxylic acids is 3. The lowest BCUT2D eigenvalue weighted by molar-refractivity contribution is -0.154. The predicted molar refractivity (Wildman–Crippen MR) is 128 cm³/mol. The van der Waals surface area contributed by atoms with Crippen LogP contribution in [0.5, 0.6) is 0 Å². The molecule has 180 valence electrons. The molecule has 1 spiro atoms. The number of carbonyl (C=O) groups is 3. The van der Waals surface area contributed by atoms with Gasteiger partial charge in [-0.15, -0.1) is 11.8 Å². The molecule has 3 heterocycles. The molecule has 3 fully saturated rings. The standard InChI is InChI=1S/C24H31ClN2O5S/c1-5-32-23(31)18-17-10-13(4)24(33-17)19(18)22(30)27(16(11-28)12(2)3)20(24)21(29)26-15-8-6-14(25)7-9-15/h6-9,12-13,16-20,28H,5,10-11H2,1-4H3,(H,26,29)/t13?,16-,17-,18+,19-,20?,24?/m0/s1. The third-order valence-corrected chi connectivity index (χ3v) is 9.74. The van der Waals surface area contributed by atoms with Gasteiger partial charge in [0.15, 0.2) is 0 Å². The first-order chi connectivity index (χ1) is 15.7. The maximum atomic E-state index is 13.9. The van der Waals surface area contributed by atoms with Crippen LogP contribution in [-0.4, -0.2) is 63.1 Å². The molecule has 0 aromatic heterocycles. The van der Waals surface area contributed by atoms with Crippen LogP contribution >= 0.6 is 23.4 Å². The molecule has 0 aliphatic carbocycles. The van der Waals surface area contributed by atoms with Crippen LogP contribution in [0.3, 0.4) is 0 Å². The zero-order valence-corrected chi connectivity index (χ0v) is 20.9. The third-order valence-electron chi connectivity index (χ3n) is 7.42. The molecule has 2 N–H and O–H groups in total. The number of rotatable bonds is 7. The van der Waals surface area contributed by atoms with Crippen molar-refractivity contribution >= 4 is 46.8 Å². The van der Waals surface area contributed by atoms with Crippen molar-refractivity contribution < 1.29 is 24.2 Å². The summed E-state index contributed by atoms with van der Waals surface area (Å²) in [5.41, 5.74) is 0.578. The van der Waals surface area contributed by atoms with Gasteiger partial charge in [0.05, 0.1) is 35.8 Å². The van der Waals surface area contributed by atoms with E-state index in [1.54, 1.807) is 47.9 Å². The van der Waals surface area contributed by atoms with Crippen molar-refractivity contribution in [2.45, 2.75) is 56.2 Å². The molecule has 0 radical (unpaired) electrons. The van der Waals surface area contributed by atoms with Gasteiger partial charge in [0, 0.05) is 16.0 Å². The lowest BCUT2D eigenvalue weighted by atomic mass is 9.66. The highest BCUT2D eigenvalue weighted by molar-refractivity contribution is 8.02. The highest BCUT2D eigenvalue weighted by Crippen LogP contribution is 2.69. The van der Waals surface area contributed by atoms with E-state index in [0.29, 0.717) is 10.7 Å². The van der Waals surface area contributed by atoms with Crippen molar-refractivity contribution in [1.82, 2.24) is 4.90 Å². The fraction of sp³-hybridized carbons (Fsp3) is 0.625. The molecular formula is C24H31ClN2O5S. The summed E-state index contributed by atoms with van der Waals surface area (Å²) < 4.78 is 4.60. The van der Waals surface area contributed by atoms with Crippen LogP contribution < -0.4 is 5.32 Å². The van der Waals surface area contributed by atoms with E-state index in [0.717, 1.165) is 6.42 Å². The number of hydrogen-bond acceptors (Lipinski definition) is 6. The van der Waals surface area contributed by atoms with Gasteiger partial charge >= 0.3 is 5.97 Å². The third kappa shape index (κ3) is 3.74. The summed E-state index contributed by atoms with van der Waals surface area (Å²) in [5, 5.41) is 13.7. The average Bonchev–Trinajstić information content (AvgIpc) is 3.34. The number of esters is 1. The van der Waals surface area contributed by atoms with Crippen molar-refractivity contribution in [2.24, 2.45) is 23.7 Å². The first kappa shape index (κ1) is 24.4. The highest BCUT2D eigenvalue weighted by Gasteiger charge is 2.77. The molecular weight excluding hydrogens is 464 g/mol. The van der Waals surface area contributed by atoms with Gasteiger partial charge in [0.1, 0.15) is 6.04 Å². The molecule has 1 aromatic rings. The Morgan fingerprint density at radius 1 is 1.33 bits per heavy atom. The minimum Gasteiger partial charge on any atom is -0.466 e. The summed E-state index contributed by atoms with van der Waals surface area (Å²) in [4.78, 5) is 42.3. The average molecular weight is 495 g/mol. The number of nitrogens with zero attached hydrogens (tertiary/aromatic N) is 1. The van der Waals surface area contributed by atoms with E-state index in [-0.39, 0.29) is 48.1 Å². The van der Waals surface area contributed by atoms with Gasteiger partial charge in [0.25, 0.3) is 0 Å². The molecule has 3 unspecified atom stereocenters. The molecule has 0 saturated carbocycles. The Labute approximate surface area is 203 Å². The number of nitrogens with one attached hydrogen (secondary N) is 1. The maximum absolute atomic E-state index is 13.9. The number of amides is 2. The van der Waals surface area contributed by atoms with Crippen molar-refractivity contribution in [3.63, 3.8) is 0 Å². The van der Waals surface area contributed by atoms with E-state index in [2.05, 4.69) is 12.2 Å². The molecule has 2 bridgehead atoms. The molecule has 4 rings (SSSR count). The Bertz CT molecular complexity index is 941. The van der Waals surface area contributed by atoms with Gasteiger partial charge in [-0.05, 0) is 49.4 Å². The summed E-state index contributed by atoms with van der Waals surface area (Å²) >= 11 is 7.58. The van der Waals surface area contributed by atoms with Crippen LogP contribution in [0, 0.1) is 23.7 Å². The Morgan fingerprint density at radius 3 is 2.58 bits per heavy atom. The molecule has 33 heavy (non-hydrogen) atoms. The molecule has 3 aliphatic rings. The van der Waals surface area contributed by atoms with Crippen molar-refractivity contribution in [2.75, 3.05) is 18.5 Å². The SMILES string of the molecule is CCOC(=O)[C@@H]1[C@@H]2CC(C)C3(S2)C(C(=O)Nc2ccc(Cl)cc2)N([C@@H](CO)C(C)C)C(=O)[C@H]13. The quantitative estimate of drug-likeness (QED) is 0.565. The number of halogens is 1. The second-order valence-corrected chi connectivity index (χ2v) is 11.5.